The summed E-state index contributed by atoms with van der Waals surface area (Å²) >= 11 is 0. The maximum Gasteiger partial charge on any atom is 0.239 e. The lowest BCUT2D eigenvalue weighted by molar-refractivity contribution is -0.120. The second-order valence-corrected chi connectivity index (χ2v) is 5.30. The predicted molar refractivity (Wildman–Crippen MR) is 83.0 cm³/mol. The first kappa shape index (κ1) is 17.0. The number of benzene rings is 1. The van der Waals surface area contributed by atoms with Crippen molar-refractivity contribution in [3.8, 4) is 6.07 Å². The van der Waals surface area contributed by atoms with Crippen molar-refractivity contribution < 1.29 is 9.90 Å². The highest BCUT2D eigenvalue weighted by molar-refractivity contribution is 5.82. The molecule has 114 valence electrons. The van der Waals surface area contributed by atoms with E-state index in [4.69, 9.17) is 5.26 Å². The number of carbonyl (C=O) groups excluding carboxylic acids is 1. The molecule has 0 bridgehead atoms. The molecule has 2 N–H and O–H groups in total. The van der Waals surface area contributed by atoms with E-state index in [9.17, 15) is 9.90 Å². The Morgan fingerprint density at radius 2 is 2.10 bits per heavy atom. The van der Waals surface area contributed by atoms with Crippen LogP contribution in [0.15, 0.2) is 18.2 Å². The van der Waals surface area contributed by atoms with Crippen molar-refractivity contribution in [3.63, 3.8) is 0 Å². The van der Waals surface area contributed by atoms with E-state index in [2.05, 4.69) is 11.4 Å². The molecule has 1 atom stereocenters. The molecule has 0 spiro atoms. The maximum atomic E-state index is 12.0. The monoisotopic (exact) mass is 289 g/mol. The Labute approximate surface area is 126 Å². The van der Waals surface area contributed by atoms with E-state index in [-0.39, 0.29) is 18.5 Å². The molecule has 0 aliphatic carbocycles. The summed E-state index contributed by atoms with van der Waals surface area (Å²) in [5.74, 6) is -0.0780. The van der Waals surface area contributed by atoms with Crippen molar-refractivity contribution in [2.24, 2.45) is 0 Å². The zero-order valence-electron chi connectivity index (χ0n) is 13.1. The molecule has 1 aromatic carbocycles. The Bertz CT molecular complexity index is 533. The zero-order valence-corrected chi connectivity index (χ0v) is 13.1. The van der Waals surface area contributed by atoms with Gasteiger partial charge in [0.15, 0.2) is 0 Å². The third-order valence-electron chi connectivity index (χ3n) is 3.12. The number of carbonyl (C=O) groups is 1. The lowest BCUT2D eigenvalue weighted by Gasteiger charge is -2.26. The number of hydrogen-bond acceptors (Lipinski definition) is 4. The van der Waals surface area contributed by atoms with Gasteiger partial charge in [0.2, 0.25) is 5.91 Å². The van der Waals surface area contributed by atoms with Crippen LogP contribution in [0.3, 0.4) is 0 Å². The molecule has 0 saturated heterocycles. The fraction of sp³-hybridized carbons (Fsp3) is 0.500. The number of nitrogens with one attached hydrogen (secondary N) is 1. The molecule has 0 unspecified atom stereocenters. The van der Waals surface area contributed by atoms with Gasteiger partial charge in [-0.3, -0.25) is 4.79 Å². The minimum absolute atomic E-state index is 0.0780. The second-order valence-electron chi connectivity index (χ2n) is 5.30. The first-order chi connectivity index (χ1) is 9.88. The highest BCUT2D eigenvalue weighted by Gasteiger charge is 2.17. The van der Waals surface area contributed by atoms with Gasteiger partial charge in [0.05, 0.1) is 24.3 Å². The number of nitriles is 1. The second kappa shape index (κ2) is 7.65. The Morgan fingerprint density at radius 1 is 1.43 bits per heavy atom. The lowest BCUT2D eigenvalue weighted by atomic mass is 10.0. The summed E-state index contributed by atoms with van der Waals surface area (Å²) in [6, 6.07) is 7.30. The number of amides is 1. The van der Waals surface area contributed by atoms with Gasteiger partial charge in [-0.05, 0) is 39.8 Å². The summed E-state index contributed by atoms with van der Waals surface area (Å²) in [7, 11) is 0. The average molecular weight is 289 g/mol. The molecular formula is C16H23N3O2. The van der Waals surface area contributed by atoms with Gasteiger partial charge in [-0.15, -0.1) is 0 Å². The van der Waals surface area contributed by atoms with E-state index in [1.807, 2.05) is 25.7 Å². The Balaban J connectivity index is 3.08. The van der Waals surface area contributed by atoms with E-state index >= 15 is 0 Å². The molecule has 21 heavy (non-hydrogen) atoms. The summed E-state index contributed by atoms with van der Waals surface area (Å²) in [5.41, 5.74) is 1.95. The molecule has 1 aromatic rings. The topological polar surface area (TPSA) is 76.4 Å². The van der Waals surface area contributed by atoms with Crippen LogP contribution in [0.2, 0.25) is 0 Å². The highest BCUT2D eigenvalue weighted by atomic mass is 16.3. The smallest absolute Gasteiger partial charge is 0.239 e. The first-order valence-electron chi connectivity index (χ1n) is 7.15. The standard InChI is InChI=1S/C16H23N3O2/c1-5-19(10-16(21)18-11(2)3)15-8-13(9-17)6-7-14(15)12(4)20/h6-8,11-12,20H,5,10H2,1-4H3,(H,18,21)/t12-/m1/s1. The molecule has 0 heterocycles. The molecule has 0 aliphatic rings. The Morgan fingerprint density at radius 3 is 2.57 bits per heavy atom. The number of likely N-dealkylation sites (N-methyl/N-ethyl adjacent to an activating group) is 1. The quantitative estimate of drug-likeness (QED) is 0.839. The molecule has 0 radical (unpaired) electrons. The molecule has 0 aliphatic heterocycles. The van der Waals surface area contributed by atoms with Crippen LogP contribution in [-0.2, 0) is 4.79 Å². The van der Waals surface area contributed by atoms with E-state index in [0.29, 0.717) is 17.7 Å². The predicted octanol–water partition coefficient (Wildman–Crippen LogP) is 1.96. The van der Waals surface area contributed by atoms with Crippen LogP contribution in [0.1, 0.15) is 44.9 Å². The molecule has 0 aromatic heterocycles. The van der Waals surface area contributed by atoms with Crippen LogP contribution in [0.5, 0.6) is 0 Å². The van der Waals surface area contributed by atoms with Gasteiger partial charge in [-0.1, -0.05) is 6.07 Å². The number of aliphatic hydroxyl groups is 1. The van der Waals surface area contributed by atoms with E-state index in [1.165, 1.54) is 0 Å². The first-order valence-corrected chi connectivity index (χ1v) is 7.15. The number of hydrogen-bond donors (Lipinski definition) is 2. The average Bonchev–Trinajstić information content (AvgIpc) is 2.43. The maximum absolute atomic E-state index is 12.0. The number of aliphatic hydroxyl groups excluding tert-OH is 1. The third kappa shape index (κ3) is 4.76. The van der Waals surface area contributed by atoms with Crippen LogP contribution in [0, 0.1) is 11.3 Å². The molecule has 1 amide bonds. The highest BCUT2D eigenvalue weighted by Crippen LogP contribution is 2.27. The van der Waals surface area contributed by atoms with Crippen molar-refractivity contribution in [1.82, 2.24) is 5.32 Å². The normalized spacial score (nSPS) is 11.9. The van der Waals surface area contributed by atoms with Crippen molar-refractivity contribution in [2.75, 3.05) is 18.0 Å². The third-order valence-corrected chi connectivity index (χ3v) is 3.12. The van der Waals surface area contributed by atoms with Gasteiger partial charge in [-0.2, -0.15) is 5.26 Å². The van der Waals surface area contributed by atoms with Gasteiger partial charge >= 0.3 is 0 Å². The van der Waals surface area contributed by atoms with Crippen LogP contribution in [0.25, 0.3) is 0 Å². The molecule has 5 heteroatoms. The van der Waals surface area contributed by atoms with Gasteiger partial charge in [0.25, 0.3) is 0 Å². The fourth-order valence-corrected chi connectivity index (χ4v) is 2.15. The van der Waals surface area contributed by atoms with E-state index < -0.39 is 6.10 Å². The van der Waals surface area contributed by atoms with Crippen molar-refractivity contribution in [2.45, 2.75) is 39.8 Å². The van der Waals surface area contributed by atoms with E-state index in [1.54, 1.807) is 25.1 Å². The largest absolute Gasteiger partial charge is 0.389 e. The van der Waals surface area contributed by atoms with Crippen LogP contribution < -0.4 is 10.2 Å². The van der Waals surface area contributed by atoms with Gasteiger partial charge < -0.3 is 15.3 Å². The van der Waals surface area contributed by atoms with Crippen molar-refractivity contribution >= 4 is 11.6 Å². The molecule has 0 fully saturated rings. The molecule has 5 nitrogen and oxygen atoms in total. The lowest BCUT2D eigenvalue weighted by Crippen LogP contribution is -2.40. The summed E-state index contributed by atoms with van der Waals surface area (Å²) in [6.07, 6.45) is -0.657. The molecule has 1 rings (SSSR count). The number of nitrogens with zero attached hydrogens (tertiary/aromatic N) is 2. The van der Waals surface area contributed by atoms with Gasteiger partial charge in [-0.25, -0.2) is 0 Å². The Hall–Kier alpha value is -2.06. The fourth-order valence-electron chi connectivity index (χ4n) is 2.15. The van der Waals surface area contributed by atoms with Gasteiger partial charge in [0.1, 0.15) is 0 Å². The summed E-state index contributed by atoms with van der Waals surface area (Å²) in [5, 5.41) is 21.8. The van der Waals surface area contributed by atoms with Crippen molar-refractivity contribution in [1.29, 1.82) is 5.26 Å². The number of rotatable bonds is 6. The summed E-state index contributed by atoms with van der Waals surface area (Å²) < 4.78 is 0. The van der Waals surface area contributed by atoms with Crippen LogP contribution in [-0.4, -0.2) is 30.1 Å². The zero-order chi connectivity index (χ0) is 16.0. The van der Waals surface area contributed by atoms with Gasteiger partial charge in [0, 0.05) is 23.8 Å². The van der Waals surface area contributed by atoms with Crippen LogP contribution in [0.4, 0.5) is 5.69 Å². The molecule has 0 saturated carbocycles. The SMILES string of the molecule is CCN(CC(=O)NC(C)C)c1cc(C#N)ccc1[C@@H](C)O. The minimum Gasteiger partial charge on any atom is -0.389 e. The summed E-state index contributed by atoms with van der Waals surface area (Å²) in [4.78, 5) is 13.8. The molecular weight excluding hydrogens is 266 g/mol. The number of anilines is 1. The Kier molecular flexibility index (Phi) is 6.19. The van der Waals surface area contributed by atoms with Crippen LogP contribution >= 0.6 is 0 Å². The van der Waals surface area contributed by atoms with E-state index in [0.717, 1.165) is 5.69 Å². The minimum atomic E-state index is -0.657. The summed E-state index contributed by atoms with van der Waals surface area (Å²) in [6.45, 7) is 8.24. The van der Waals surface area contributed by atoms with Crippen molar-refractivity contribution in [3.05, 3.63) is 29.3 Å².